The van der Waals surface area contributed by atoms with Crippen LogP contribution < -0.4 is 5.32 Å². The van der Waals surface area contributed by atoms with Gasteiger partial charge in [-0.1, -0.05) is 29.8 Å². The lowest BCUT2D eigenvalue weighted by atomic mass is 10.2. The molecule has 1 fully saturated rings. The zero-order chi connectivity index (χ0) is 21.1. The average molecular weight is 448 g/mol. The number of fused-ring (bicyclic) bond motifs is 1. The Balaban J connectivity index is 1.46. The summed E-state index contributed by atoms with van der Waals surface area (Å²) in [4.78, 5) is 12.6. The smallest absolute Gasteiger partial charge is 0.243 e. The molecular weight excluding hydrogens is 426 g/mol. The Morgan fingerprint density at radius 3 is 2.67 bits per heavy atom. The number of ether oxygens (including phenoxy) is 1. The molecule has 3 aromatic rings. The summed E-state index contributed by atoms with van der Waals surface area (Å²) >= 11 is 6.21. The fourth-order valence-corrected chi connectivity index (χ4v) is 5.07. The van der Waals surface area contributed by atoms with Gasteiger partial charge in [0.05, 0.1) is 28.8 Å². The first-order valence-electron chi connectivity index (χ1n) is 9.66. The van der Waals surface area contributed by atoms with E-state index in [0.29, 0.717) is 32.8 Å². The first-order valence-corrected chi connectivity index (χ1v) is 11.5. The van der Waals surface area contributed by atoms with Gasteiger partial charge < -0.3 is 14.6 Å². The number of aromatic nitrogens is 1. The standard InChI is InChI=1S/C21H22ClN3O4S/c22-18-6-5-17(30(27,28)25-11-13-29-14-12-25)15-19(18)23-21(26)8-10-24-9-7-16-3-1-2-4-20(16)24/h1-7,9,15H,8,10-14H2,(H,23,26). The van der Waals surface area contributed by atoms with Crippen molar-refractivity contribution in [2.75, 3.05) is 31.6 Å². The third-order valence-electron chi connectivity index (χ3n) is 5.08. The van der Waals surface area contributed by atoms with Crippen LogP contribution in [0.5, 0.6) is 0 Å². The average Bonchev–Trinajstić information content (AvgIpc) is 3.17. The predicted octanol–water partition coefficient (Wildman–Crippen LogP) is 3.34. The molecule has 2 heterocycles. The van der Waals surface area contributed by atoms with Gasteiger partial charge in [-0.05, 0) is 35.7 Å². The topological polar surface area (TPSA) is 80.6 Å². The van der Waals surface area contributed by atoms with Gasteiger partial charge >= 0.3 is 0 Å². The van der Waals surface area contributed by atoms with Crippen LogP contribution >= 0.6 is 11.6 Å². The fourth-order valence-electron chi connectivity index (χ4n) is 3.47. The van der Waals surface area contributed by atoms with Crippen LogP contribution in [0.4, 0.5) is 5.69 Å². The lowest BCUT2D eigenvalue weighted by Crippen LogP contribution is -2.40. The Kier molecular flexibility index (Phi) is 6.10. The highest BCUT2D eigenvalue weighted by Gasteiger charge is 2.27. The van der Waals surface area contributed by atoms with E-state index in [0.717, 1.165) is 10.9 Å². The molecule has 1 N–H and O–H groups in total. The normalized spacial score (nSPS) is 15.4. The van der Waals surface area contributed by atoms with Gasteiger partial charge in [0, 0.05) is 37.8 Å². The number of morpholine rings is 1. The van der Waals surface area contributed by atoms with Crippen LogP contribution in [-0.2, 0) is 26.1 Å². The van der Waals surface area contributed by atoms with Crippen LogP contribution in [0.25, 0.3) is 10.9 Å². The van der Waals surface area contributed by atoms with Gasteiger partial charge in [0.25, 0.3) is 0 Å². The molecule has 1 aliphatic heterocycles. The zero-order valence-electron chi connectivity index (χ0n) is 16.3. The van der Waals surface area contributed by atoms with E-state index in [1.807, 2.05) is 41.1 Å². The maximum Gasteiger partial charge on any atom is 0.243 e. The van der Waals surface area contributed by atoms with Gasteiger partial charge in [0.1, 0.15) is 0 Å². The minimum Gasteiger partial charge on any atom is -0.379 e. The third-order valence-corrected chi connectivity index (χ3v) is 7.30. The molecule has 7 nitrogen and oxygen atoms in total. The summed E-state index contributed by atoms with van der Waals surface area (Å²) in [7, 11) is -3.67. The van der Waals surface area contributed by atoms with Crippen molar-refractivity contribution in [2.45, 2.75) is 17.9 Å². The van der Waals surface area contributed by atoms with Gasteiger partial charge in [0.15, 0.2) is 0 Å². The van der Waals surface area contributed by atoms with Crippen LogP contribution in [0.1, 0.15) is 6.42 Å². The number of nitrogens with one attached hydrogen (secondary N) is 1. The Morgan fingerprint density at radius 2 is 1.87 bits per heavy atom. The van der Waals surface area contributed by atoms with Crippen LogP contribution in [0.3, 0.4) is 0 Å². The third kappa shape index (κ3) is 4.37. The molecule has 30 heavy (non-hydrogen) atoms. The molecule has 0 saturated carbocycles. The molecule has 0 atom stereocenters. The molecule has 0 spiro atoms. The van der Waals surface area contributed by atoms with Crippen LogP contribution in [0, 0.1) is 0 Å². The largest absolute Gasteiger partial charge is 0.379 e. The molecule has 1 saturated heterocycles. The highest BCUT2D eigenvalue weighted by atomic mass is 35.5. The van der Waals surface area contributed by atoms with Crippen LogP contribution in [0.15, 0.2) is 59.6 Å². The molecule has 0 unspecified atom stereocenters. The van der Waals surface area contributed by atoms with Crippen LogP contribution in [-0.4, -0.2) is 49.5 Å². The van der Waals surface area contributed by atoms with Gasteiger partial charge in [-0.3, -0.25) is 4.79 Å². The number of carbonyl (C=O) groups is 1. The summed E-state index contributed by atoms with van der Waals surface area (Å²) in [6.45, 7) is 1.84. The van der Waals surface area contributed by atoms with Crippen molar-refractivity contribution in [3.63, 3.8) is 0 Å². The predicted molar refractivity (Wildman–Crippen MR) is 116 cm³/mol. The number of benzene rings is 2. The van der Waals surface area contributed by atoms with Crippen molar-refractivity contribution in [1.29, 1.82) is 0 Å². The molecule has 1 amide bonds. The lowest BCUT2D eigenvalue weighted by Gasteiger charge is -2.26. The number of halogens is 1. The van der Waals surface area contributed by atoms with Crippen molar-refractivity contribution in [3.8, 4) is 0 Å². The summed E-state index contributed by atoms with van der Waals surface area (Å²) in [5, 5.41) is 4.14. The van der Waals surface area contributed by atoms with Crippen molar-refractivity contribution < 1.29 is 17.9 Å². The molecule has 0 radical (unpaired) electrons. The van der Waals surface area contributed by atoms with E-state index in [1.165, 1.54) is 22.5 Å². The maximum atomic E-state index is 12.9. The highest BCUT2D eigenvalue weighted by Crippen LogP contribution is 2.27. The van der Waals surface area contributed by atoms with E-state index in [-0.39, 0.29) is 27.9 Å². The Labute approximate surface area is 180 Å². The zero-order valence-corrected chi connectivity index (χ0v) is 17.8. The van der Waals surface area contributed by atoms with Crippen molar-refractivity contribution in [3.05, 3.63) is 59.8 Å². The number of nitrogens with zero attached hydrogens (tertiary/aromatic N) is 2. The number of aryl methyl sites for hydroxylation is 1. The number of para-hydroxylation sites is 1. The second kappa shape index (κ2) is 8.77. The second-order valence-corrected chi connectivity index (χ2v) is 9.37. The number of anilines is 1. The van der Waals surface area contributed by atoms with E-state index < -0.39 is 10.0 Å². The molecule has 2 aromatic carbocycles. The molecule has 0 bridgehead atoms. The van der Waals surface area contributed by atoms with Gasteiger partial charge in [-0.25, -0.2) is 8.42 Å². The van der Waals surface area contributed by atoms with E-state index in [1.54, 1.807) is 0 Å². The molecular formula is C21H22ClN3O4S. The van der Waals surface area contributed by atoms with Crippen LogP contribution in [0.2, 0.25) is 5.02 Å². The van der Waals surface area contributed by atoms with Crippen molar-refractivity contribution >= 4 is 44.1 Å². The number of carbonyl (C=O) groups excluding carboxylic acids is 1. The molecule has 1 aliphatic rings. The number of hydrogen-bond donors (Lipinski definition) is 1. The first-order chi connectivity index (χ1) is 14.4. The van der Waals surface area contributed by atoms with Gasteiger partial charge in [0.2, 0.25) is 15.9 Å². The summed E-state index contributed by atoms with van der Waals surface area (Å²) in [5.41, 5.74) is 1.34. The number of rotatable bonds is 6. The highest BCUT2D eigenvalue weighted by molar-refractivity contribution is 7.89. The quantitative estimate of drug-likeness (QED) is 0.628. The summed E-state index contributed by atoms with van der Waals surface area (Å²) in [5.74, 6) is -0.240. The SMILES string of the molecule is O=C(CCn1ccc2ccccc21)Nc1cc(S(=O)(=O)N2CCOCC2)ccc1Cl. The lowest BCUT2D eigenvalue weighted by molar-refractivity contribution is -0.116. The van der Waals surface area contributed by atoms with E-state index in [9.17, 15) is 13.2 Å². The first kappa shape index (κ1) is 20.9. The Hall–Kier alpha value is -2.39. The minimum absolute atomic E-state index is 0.0977. The van der Waals surface area contributed by atoms with Gasteiger partial charge in [-0.2, -0.15) is 4.31 Å². The van der Waals surface area contributed by atoms with Gasteiger partial charge in [-0.15, -0.1) is 0 Å². The Bertz CT molecular complexity index is 1170. The van der Waals surface area contributed by atoms with Crippen molar-refractivity contribution in [1.82, 2.24) is 8.87 Å². The number of hydrogen-bond acceptors (Lipinski definition) is 4. The minimum atomic E-state index is -3.67. The molecule has 4 rings (SSSR count). The second-order valence-electron chi connectivity index (χ2n) is 7.02. The number of amides is 1. The fraction of sp³-hybridized carbons (Fsp3) is 0.286. The summed E-state index contributed by atoms with van der Waals surface area (Å²) in [6, 6.07) is 14.3. The number of sulfonamides is 1. The molecule has 1 aromatic heterocycles. The maximum absolute atomic E-state index is 12.9. The van der Waals surface area contributed by atoms with E-state index in [4.69, 9.17) is 16.3 Å². The monoisotopic (exact) mass is 447 g/mol. The molecule has 9 heteroatoms. The summed E-state index contributed by atoms with van der Waals surface area (Å²) < 4.78 is 34.3. The summed E-state index contributed by atoms with van der Waals surface area (Å²) in [6.07, 6.45) is 2.18. The Morgan fingerprint density at radius 1 is 1.10 bits per heavy atom. The molecule has 158 valence electrons. The van der Waals surface area contributed by atoms with Crippen molar-refractivity contribution in [2.24, 2.45) is 0 Å². The van der Waals surface area contributed by atoms with E-state index >= 15 is 0 Å². The molecule has 0 aliphatic carbocycles. The van der Waals surface area contributed by atoms with E-state index in [2.05, 4.69) is 5.32 Å².